The summed E-state index contributed by atoms with van der Waals surface area (Å²) in [7, 11) is 0. The van der Waals surface area contributed by atoms with Crippen molar-refractivity contribution in [2.45, 2.75) is 37.5 Å². The third-order valence-electron chi connectivity index (χ3n) is 3.50. The fourth-order valence-corrected chi connectivity index (χ4v) is 3.15. The van der Waals surface area contributed by atoms with E-state index in [1.54, 1.807) is 11.8 Å². The van der Waals surface area contributed by atoms with Gasteiger partial charge in [0.15, 0.2) is 0 Å². The smallest absolute Gasteiger partial charge is 0.242 e. The highest BCUT2D eigenvalue weighted by Crippen LogP contribution is 2.28. The number of aliphatic hydroxyl groups excluding tert-OH is 1. The zero-order chi connectivity index (χ0) is 15.7. The van der Waals surface area contributed by atoms with Gasteiger partial charge >= 0.3 is 0 Å². The second-order valence-corrected chi connectivity index (χ2v) is 6.72. The maximum absolute atomic E-state index is 12.2. The van der Waals surface area contributed by atoms with Crippen LogP contribution in [0, 0.1) is 0 Å². The molecule has 1 aromatic carbocycles. The molecule has 0 spiro atoms. The molecule has 118 valence electrons. The van der Waals surface area contributed by atoms with Crippen LogP contribution in [0.15, 0.2) is 30.3 Å². The summed E-state index contributed by atoms with van der Waals surface area (Å²) in [4.78, 5) is 12.2. The molecule has 0 saturated carbocycles. The lowest BCUT2D eigenvalue weighted by Crippen LogP contribution is -2.53. The Morgan fingerprint density at radius 2 is 2.10 bits per heavy atom. The molecule has 21 heavy (non-hydrogen) atoms. The molecule has 0 aliphatic heterocycles. The van der Waals surface area contributed by atoms with Gasteiger partial charge in [0.1, 0.15) is 5.54 Å². The number of carbonyl (C=O) groups excluding carboxylic acids is 1. The number of nitrogens with one attached hydrogen (secondary N) is 1. The van der Waals surface area contributed by atoms with Crippen LogP contribution in [0.5, 0.6) is 0 Å². The summed E-state index contributed by atoms with van der Waals surface area (Å²) >= 11 is 1.65. The van der Waals surface area contributed by atoms with Crippen LogP contribution >= 0.6 is 11.8 Å². The van der Waals surface area contributed by atoms with E-state index >= 15 is 0 Å². The SMILES string of the molecule is CCCNC(CCSC(C)CO)(C(N)=O)c1ccccc1. The number of carbonyl (C=O) groups is 1. The van der Waals surface area contributed by atoms with E-state index in [9.17, 15) is 4.79 Å². The zero-order valence-electron chi connectivity index (χ0n) is 12.8. The topological polar surface area (TPSA) is 75.3 Å². The molecule has 5 heteroatoms. The van der Waals surface area contributed by atoms with Gasteiger partial charge in [-0.2, -0.15) is 11.8 Å². The number of hydrogen-bond acceptors (Lipinski definition) is 4. The third-order valence-corrected chi connectivity index (χ3v) is 4.66. The first kappa shape index (κ1) is 18.0. The van der Waals surface area contributed by atoms with Crippen molar-refractivity contribution in [2.24, 2.45) is 5.73 Å². The molecule has 4 nitrogen and oxygen atoms in total. The minimum Gasteiger partial charge on any atom is -0.395 e. The lowest BCUT2D eigenvalue weighted by Gasteiger charge is -2.32. The maximum Gasteiger partial charge on any atom is 0.242 e. The first-order valence-electron chi connectivity index (χ1n) is 7.39. The highest BCUT2D eigenvalue weighted by molar-refractivity contribution is 7.99. The molecule has 2 atom stereocenters. The van der Waals surface area contributed by atoms with Gasteiger partial charge in [-0.05, 0) is 30.7 Å². The van der Waals surface area contributed by atoms with Crippen LogP contribution in [0.3, 0.4) is 0 Å². The monoisotopic (exact) mass is 310 g/mol. The van der Waals surface area contributed by atoms with Gasteiger partial charge in [-0.1, -0.05) is 44.2 Å². The number of amides is 1. The Hall–Kier alpha value is -1.04. The van der Waals surface area contributed by atoms with E-state index in [4.69, 9.17) is 10.8 Å². The standard InChI is InChI=1S/C16H26N2O2S/c1-3-10-18-16(15(17)20,9-11-21-13(2)12-19)14-7-5-4-6-8-14/h4-8,13,18-19H,3,9-12H2,1-2H3,(H2,17,20). The minimum atomic E-state index is -0.834. The summed E-state index contributed by atoms with van der Waals surface area (Å²) in [5.74, 6) is 0.412. The summed E-state index contributed by atoms with van der Waals surface area (Å²) in [6.45, 7) is 4.91. The van der Waals surface area contributed by atoms with E-state index in [2.05, 4.69) is 12.2 Å². The van der Waals surface area contributed by atoms with E-state index in [1.807, 2.05) is 37.3 Å². The number of primary amides is 1. The summed E-state index contributed by atoms with van der Waals surface area (Å²) in [5.41, 5.74) is 5.81. The molecular weight excluding hydrogens is 284 g/mol. The number of nitrogens with two attached hydrogens (primary N) is 1. The molecule has 4 N–H and O–H groups in total. The number of hydrogen-bond donors (Lipinski definition) is 3. The molecule has 0 aliphatic rings. The zero-order valence-corrected chi connectivity index (χ0v) is 13.7. The van der Waals surface area contributed by atoms with Crippen molar-refractivity contribution >= 4 is 17.7 Å². The Bertz CT molecular complexity index is 428. The van der Waals surface area contributed by atoms with E-state index in [-0.39, 0.29) is 17.8 Å². The van der Waals surface area contributed by atoms with Crippen LogP contribution < -0.4 is 11.1 Å². The van der Waals surface area contributed by atoms with Gasteiger partial charge in [-0.25, -0.2) is 0 Å². The average molecular weight is 310 g/mol. The average Bonchev–Trinajstić information content (AvgIpc) is 2.51. The highest BCUT2D eigenvalue weighted by Gasteiger charge is 2.37. The van der Waals surface area contributed by atoms with Crippen LogP contribution in [0.2, 0.25) is 0 Å². The van der Waals surface area contributed by atoms with Gasteiger partial charge in [0.05, 0.1) is 6.61 Å². The molecule has 2 unspecified atom stereocenters. The van der Waals surface area contributed by atoms with Gasteiger partial charge < -0.3 is 10.8 Å². The Kier molecular flexibility index (Phi) is 7.78. The summed E-state index contributed by atoms with van der Waals surface area (Å²) < 4.78 is 0. The molecule has 0 bridgehead atoms. The summed E-state index contributed by atoms with van der Waals surface area (Å²) in [6, 6.07) is 9.65. The Morgan fingerprint density at radius 1 is 1.43 bits per heavy atom. The van der Waals surface area contributed by atoms with Gasteiger partial charge in [-0.15, -0.1) is 0 Å². The minimum absolute atomic E-state index is 0.141. The fourth-order valence-electron chi connectivity index (χ4n) is 2.21. The van der Waals surface area contributed by atoms with Crippen molar-refractivity contribution in [3.8, 4) is 0 Å². The largest absolute Gasteiger partial charge is 0.395 e. The van der Waals surface area contributed by atoms with Crippen molar-refractivity contribution in [2.75, 3.05) is 18.9 Å². The number of aliphatic hydroxyl groups is 1. The van der Waals surface area contributed by atoms with Gasteiger partial charge in [-0.3, -0.25) is 10.1 Å². The van der Waals surface area contributed by atoms with Gasteiger partial charge in [0, 0.05) is 5.25 Å². The molecule has 0 aromatic heterocycles. The molecular formula is C16H26N2O2S. The third kappa shape index (κ3) is 5.02. The van der Waals surface area contributed by atoms with Gasteiger partial charge in [0.25, 0.3) is 0 Å². The predicted molar refractivity (Wildman–Crippen MR) is 89.2 cm³/mol. The Balaban J connectivity index is 2.93. The van der Waals surface area contributed by atoms with Crippen molar-refractivity contribution < 1.29 is 9.90 Å². The number of benzene rings is 1. The molecule has 0 heterocycles. The highest BCUT2D eigenvalue weighted by atomic mass is 32.2. The lowest BCUT2D eigenvalue weighted by atomic mass is 9.86. The van der Waals surface area contributed by atoms with Crippen molar-refractivity contribution in [3.05, 3.63) is 35.9 Å². The van der Waals surface area contributed by atoms with Crippen molar-refractivity contribution in [1.29, 1.82) is 0 Å². The van der Waals surface area contributed by atoms with Crippen LogP contribution in [0.1, 0.15) is 32.3 Å². The molecule has 0 aliphatic carbocycles. The fraction of sp³-hybridized carbons (Fsp3) is 0.562. The van der Waals surface area contributed by atoms with Crippen molar-refractivity contribution in [1.82, 2.24) is 5.32 Å². The second-order valence-electron chi connectivity index (χ2n) is 5.18. The molecule has 0 radical (unpaired) electrons. The Morgan fingerprint density at radius 3 is 2.62 bits per heavy atom. The van der Waals surface area contributed by atoms with E-state index in [0.29, 0.717) is 6.42 Å². The quantitative estimate of drug-likeness (QED) is 0.617. The molecule has 1 aromatic rings. The maximum atomic E-state index is 12.2. The van der Waals surface area contributed by atoms with E-state index in [1.165, 1.54) is 0 Å². The summed E-state index contributed by atoms with van der Waals surface area (Å²) in [5, 5.41) is 12.6. The normalized spacial score (nSPS) is 15.4. The second kappa shape index (κ2) is 9.07. The summed E-state index contributed by atoms with van der Waals surface area (Å²) in [6.07, 6.45) is 1.55. The number of thioether (sulfide) groups is 1. The van der Waals surface area contributed by atoms with Crippen LogP contribution in [0.4, 0.5) is 0 Å². The van der Waals surface area contributed by atoms with Crippen molar-refractivity contribution in [3.63, 3.8) is 0 Å². The first-order valence-corrected chi connectivity index (χ1v) is 8.44. The molecule has 1 rings (SSSR count). The van der Waals surface area contributed by atoms with Gasteiger partial charge in [0.2, 0.25) is 5.91 Å². The number of rotatable bonds is 10. The molecule has 1 amide bonds. The van der Waals surface area contributed by atoms with Crippen LogP contribution in [-0.2, 0) is 10.3 Å². The first-order chi connectivity index (χ1) is 10.1. The van der Waals surface area contributed by atoms with Crippen LogP contribution in [0.25, 0.3) is 0 Å². The predicted octanol–water partition coefficient (Wildman–Crippen LogP) is 1.87. The van der Waals surface area contributed by atoms with E-state index in [0.717, 1.165) is 24.3 Å². The van der Waals surface area contributed by atoms with Crippen LogP contribution in [-0.4, -0.2) is 35.2 Å². The Labute approximate surface area is 131 Å². The molecule has 0 saturated heterocycles. The molecule has 0 fully saturated rings. The lowest BCUT2D eigenvalue weighted by molar-refractivity contribution is -0.125. The van der Waals surface area contributed by atoms with E-state index < -0.39 is 5.54 Å².